The second-order valence-corrected chi connectivity index (χ2v) is 17.7. The van der Waals surface area contributed by atoms with Crippen molar-refractivity contribution in [2.75, 3.05) is 0 Å². The van der Waals surface area contributed by atoms with Gasteiger partial charge in [0.15, 0.2) is 0 Å². The fraction of sp³-hybridized carbons (Fsp3) is 0. The van der Waals surface area contributed by atoms with Gasteiger partial charge >= 0.3 is 0 Å². The quantitative estimate of drug-likeness (QED) is 0.166. The zero-order valence-corrected chi connectivity index (χ0v) is 26.3. The highest BCUT2D eigenvalue weighted by Gasteiger charge is 2.50. The van der Waals surface area contributed by atoms with E-state index in [1.54, 1.807) is 0 Å². The Balaban J connectivity index is 1.52. The van der Waals surface area contributed by atoms with Crippen LogP contribution in [0.3, 0.4) is 0 Å². The Morgan fingerprint density at radius 1 is 0.159 bits per heavy atom. The van der Waals surface area contributed by atoms with Crippen molar-refractivity contribution >= 4 is 57.0 Å². The van der Waals surface area contributed by atoms with Crippen molar-refractivity contribution < 1.29 is 0 Å². The summed E-state index contributed by atoms with van der Waals surface area (Å²) in [5.41, 5.74) is 0. The third-order valence-electron chi connectivity index (χ3n) is 8.49. The summed E-state index contributed by atoms with van der Waals surface area (Å²) in [6, 6.07) is 76.4. The largest absolute Gasteiger partial charge is 0.144 e. The monoisotopic (exact) mass is 600 g/mol. The molecular formula is C42H34P2+2. The average Bonchev–Trinajstić information content (AvgIpc) is 3.12. The molecule has 0 aliphatic carbocycles. The second kappa shape index (κ2) is 12.6. The van der Waals surface area contributed by atoms with Crippen molar-refractivity contribution in [1.29, 1.82) is 0 Å². The normalized spacial score (nSPS) is 11.6. The highest BCUT2D eigenvalue weighted by molar-refractivity contribution is 8.02. The molecule has 0 N–H and O–H groups in total. The van der Waals surface area contributed by atoms with Gasteiger partial charge < -0.3 is 0 Å². The topological polar surface area (TPSA) is 0 Å². The summed E-state index contributed by atoms with van der Waals surface area (Å²) in [4.78, 5) is 0. The molecule has 7 aromatic carbocycles. The van der Waals surface area contributed by atoms with E-state index in [2.05, 4.69) is 206 Å². The van der Waals surface area contributed by atoms with Gasteiger partial charge in [-0.15, -0.1) is 0 Å². The molecule has 0 fully saturated rings. The van der Waals surface area contributed by atoms with Crippen LogP contribution in [-0.2, 0) is 0 Å². The highest BCUT2D eigenvalue weighted by Crippen LogP contribution is 2.56. The maximum atomic E-state index is 2.43. The average molecular weight is 601 g/mol. The molecule has 0 heterocycles. The Kier molecular flexibility index (Phi) is 8.04. The minimum Gasteiger partial charge on any atom is -0.0620 e. The Bertz CT molecular complexity index is 1570. The lowest BCUT2D eigenvalue weighted by molar-refractivity contribution is 1.70. The van der Waals surface area contributed by atoms with E-state index < -0.39 is 14.5 Å². The summed E-state index contributed by atoms with van der Waals surface area (Å²) in [6.45, 7) is 0. The summed E-state index contributed by atoms with van der Waals surface area (Å²) < 4.78 is 0. The molecule has 2 heteroatoms. The van der Waals surface area contributed by atoms with Gasteiger partial charge in [0.2, 0.25) is 0 Å². The first-order chi connectivity index (χ1) is 21.8. The summed E-state index contributed by atoms with van der Waals surface area (Å²) >= 11 is 0. The maximum absolute atomic E-state index is 2.43. The van der Waals surface area contributed by atoms with E-state index in [0.717, 1.165) is 0 Å². The summed E-state index contributed by atoms with van der Waals surface area (Å²) in [5, 5.41) is 10.9. The van der Waals surface area contributed by atoms with E-state index in [1.165, 1.54) is 42.4 Å². The van der Waals surface area contributed by atoms with Gasteiger partial charge in [0.25, 0.3) is 0 Å². The zero-order valence-electron chi connectivity index (χ0n) is 24.5. The van der Waals surface area contributed by atoms with Crippen LogP contribution in [-0.4, -0.2) is 0 Å². The molecule has 0 bridgehead atoms. The third kappa shape index (κ3) is 4.82. The Hall–Kier alpha value is -4.60. The third-order valence-corrected chi connectivity index (χ3v) is 17.1. The van der Waals surface area contributed by atoms with Gasteiger partial charge in [-0.1, -0.05) is 109 Å². The van der Waals surface area contributed by atoms with Crippen LogP contribution in [0.4, 0.5) is 0 Å². The van der Waals surface area contributed by atoms with Crippen molar-refractivity contribution in [1.82, 2.24) is 0 Å². The van der Waals surface area contributed by atoms with Crippen molar-refractivity contribution in [2.24, 2.45) is 0 Å². The van der Waals surface area contributed by atoms with Crippen LogP contribution >= 0.6 is 14.5 Å². The van der Waals surface area contributed by atoms with Crippen molar-refractivity contribution in [2.45, 2.75) is 0 Å². The van der Waals surface area contributed by atoms with E-state index >= 15 is 0 Å². The van der Waals surface area contributed by atoms with E-state index in [1.807, 2.05) is 0 Å². The van der Waals surface area contributed by atoms with E-state index in [0.29, 0.717) is 0 Å². The lowest BCUT2D eigenvalue weighted by Crippen LogP contribution is -2.41. The molecule has 0 aliphatic rings. The fourth-order valence-corrected chi connectivity index (χ4v) is 15.1. The molecule has 0 spiro atoms. The second-order valence-electron chi connectivity index (χ2n) is 10.9. The van der Waals surface area contributed by atoms with Crippen LogP contribution in [0.5, 0.6) is 0 Å². The van der Waals surface area contributed by atoms with Crippen LogP contribution in [0.25, 0.3) is 0 Å². The number of hydrogen-bond donors (Lipinski definition) is 0. The standard InChI is InChI=1S/C42H34P2/c1-7-19-35(20-8-1)43(36-21-9-2-10-22-36,37-23-11-3-12-24-37)41-31-33-42(34-32-41)44(38-25-13-4-14-26-38,39-27-15-5-16-28-39)40-29-17-6-18-30-40/h1-34H/q+2. The molecule has 7 rings (SSSR count). The number of benzene rings is 7. The summed E-state index contributed by atoms with van der Waals surface area (Å²) in [6.07, 6.45) is 0. The first kappa shape index (κ1) is 28.2. The molecule has 44 heavy (non-hydrogen) atoms. The molecular weight excluding hydrogens is 566 g/mol. The van der Waals surface area contributed by atoms with Gasteiger partial charge in [0.05, 0.1) is 0 Å². The molecule has 0 saturated carbocycles. The smallest absolute Gasteiger partial charge is 0.0620 e. The van der Waals surface area contributed by atoms with E-state index in [4.69, 9.17) is 0 Å². The van der Waals surface area contributed by atoms with Gasteiger partial charge in [0.1, 0.15) is 57.0 Å². The van der Waals surface area contributed by atoms with Crippen molar-refractivity contribution in [3.05, 3.63) is 206 Å². The molecule has 0 amide bonds. The fourth-order valence-electron chi connectivity index (χ4n) is 6.60. The van der Waals surface area contributed by atoms with Crippen molar-refractivity contribution in [3.8, 4) is 0 Å². The first-order valence-corrected chi connectivity index (χ1v) is 18.7. The minimum absolute atomic E-state index is 1.36. The first-order valence-electron chi connectivity index (χ1n) is 15.1. The number of hydrogen-bond acceptors (Lipinski definition) is 0. The molecule has 0 aliphatic heterocycles. The predicted molar refractivity (Wildman–Crippen MR) is 196 cm³/mol. The molecule has 7 aromatic rings. The lowest BCUT2D eigenvalue weighted by atomic mass is 10.3. The van der Waals surface area contributed by atoms with E-state index in [9.17, 15) is 0 Å². The summed E-state index contributed by atoms with van der Waals surface area (Å²) in [5.74, 6) is 0. The predicted octanol–water partition coefficient (Wildman–Crippen LogP) is 6.93. The molecule has 0 radical (unpaired) electrons. The van der Waals surface area contributed by atoms with Crippen molar-refractivity contribution in [3.63, 3.8) is 0 Å². The van der Waals surface area contributed by atoms with Crippen LogP contribution in [0.2, 0.25) is 0 Å². The molecule has 0 nitrogen and oxygen atoms in total. The lowest BCUT2D eigenvalue weighted by Gasteiger charge is -2.29. The molecule has 210 valence electrons. The van der Waals surface area contributed by atoms with E-state index in [-0.39, 0.29) is 0 Å². The van der Waals surface area contributed by atoms with Crippen LogP contribution in [0.15, 0.2) is 206 Å². The molecule has 0 saturated heterocycles. The van der Waals surface area contributed by atoms with Gasteiger partial charge in [-0.25, -0.2) is 0 Å². The molecule has 0 unspecified atom stereocenters. The van der Waals surface area contributed by atoms with Gasteiger partial charge in [-0.2, -0.15) is 0 Å². The Morgan fingerprint density at radius 3 is 0.455 bits per heavy atom. The Labute approximate surface area is 262 Å². The number of rotatable bonds is 8. The minimum atomic E-state index is -2.18. The van der Waals surface area contributed by atoms with Crippen LogP contribution in [0.1, 0.15) is 0 Å². The van der Waals surface area contributed by atoms with Gasteiger partial charge in [-0.05, 0) is 97.1 Å². The maximum Gasteiger partial charge on any atom is 0.144 e. The SMILES string of the molecule is c1ccc([P+](c2ccccc2)(c2ccccc2)c2ccc([P+](c3ccccc3)(c3ccccc3)c3ccccc3)cc2)cc1. The molecule has 0 aromatic heterocycles. The zero-order chi connectivity index (χ0) is 29.7. The molecule has 0 atom stereocenters. The highest BCUT2D eigenvalue weighted by atomic mass is 31.2. The van der Waals surface area contributed by atoms with Crippen LogP contribution in [0, 0.1) is 0 Å². The van der Waals surface area contributed by atoms with Gasteiger partial charge in [0, 0.05) is 0 Å². The van der Waals surface area contributed by atoms with Gasteiger partial charge in [-0.3, -0.25) is 0 Å². The van der Waals surface area contributed by atoms with Crippen LogP contribution < -0.4 is 42.4 Å². The summed E-state index contributed by atoms with van der Waals surface area (Å²) in [7, 11) is -4.36. The Morgan fingerprint density at radius 2 is 0.295 bits per heavy atom.